The number of aliphatic hydroxyl groups is 1. The van der Waals surface area contributed by atoms with E-state index in [1.54, 1.807) is 0 Å². The number of nitrogens with zero attached hydrogens (tertiary/aromatic N) is 1. The number of hydrogen-bond donors (Lipinski definition) is 3. The van der Waals surface area contributed by atoms with Crippen molar-refractivity contribution in [2.45, 2.75) is 13.0 Å². The molecule has 1 aromatic rings. The van der Waals surface area contributed by atoms with Crippen LogP contribution < -0.4 is 5.32 Å². The van der Waals surface area contributed by atoms with Crippen molar-refractivity contribution in [1.29, 1.82) is 0 Å². The standard InChI is InChI=1S/C10H16N2O5/c13-3-5-16-4-1-2-11-7-8-6-9(10(14)15)12-17-8/h6,11,13H,1-5,7H2,(H,14,15). The lowest BCUT2D eigenvalue weighted by atomic mass is 10.3. The molecule has 0 amide bonds. The number of nitrogens with one attached hydrogen (secondary N) is 1. The average molecular weight is 244 g/mol. The summed E-state index contributed by atoms with van der Waals surface area (Å²) in [5, 5.41) is 23.5. The Hall–Kier alpha value is -1.44. The number of rotatable bonds is 9. The molecule has 0 radical (unpaired) electrons. The topological polar surface area (TPSA) is 105 Å². The molecular formula is C10H16N2O5. The van der Waals surface area contributed by atoms with Crippen LogP contribution in [0.3, 0.4) is 0 Å². The summed E-state index contributed by atoms with van der Waals surface area (Å²) >= 11 is 0. The fourth-order valence-corrected chi connectivity index (χ4v) is 1.17. The van der Waals surface area contributed by atoms with E-state index in [9.17, 15) is 4.79 Å². The van der Waals surface area contributed by atoms with E-state index >= 15 is 0 Å². The van der Waals surface area contributed by atoms with Gasteiger partial charge in [0.2, 0.25) is 0 Å². The normalized spacial score (nSPS) is 10.6. The van der Waals surface area contributed by atoms with Crippen molar-refractivity contribution in [2.75, 3.05) is 26.4 Å². The van der Waals surface area contributed by atoms with E-state index in [1.807, 2.05) is 0 Å². The molecule has 0 aliphatic rings. The smallest absolute Gasteiger partial charge is 0.358 e. The summed E-state index contributed by atoms with van der Waals surface area (Å²) in [6.07, 6.45) is 0.805. The van der Waals surface area contributed by atoms with Crippen LogP contribution >= 0.6 is 0 Å². The quantitative estimate of drug-likeness (QED) is 0.519. The number of ether oxygens (including phenoxy) is 1. The molecule has 0 aliphatic carbocycles. The van der Waals surface area contributed by atoms with Crippen LogP contribution in [-0.4, -0.2) is 47.7 Å². The van der Waals surface area contributed by atoms with E-state index in [4.69, 9.17) is 19.5 Å². The lowest BCUT2D eigenvalue weighted by molar-refractivity contribution is 0.0685. The van der Waals surface area contributed by atoms with Gasteiger partial charge in [-0.15, -0.1) is 0 Å². The van der Waals surface area contributed by atoms with Crippen LogP contribution in [0.15, 0.2) is 10.6 Å². The minimum Gasteiger partial charge on any atom is -0.476 e. The minimum atomic E-state index is -1.10. The third-order valence-electron chi connectivity index (χ3n) is 1.96. The van der Waals surface area contributed by atoms with Gasteiger partial charge in [0.25, 0.3) is 0 Å². The second-order valence-corrected chi connectivity index (χ2v) is 3.35. The molecule has 7 heteroatoms. The van der Waals surface area contributed by atoms with Crippen molar-refractivity contribution in [3.8, 4) is 0 Å². The van der Waals surface area contributed by atoms with Crippen molar-refractivity contribution in [1.82, 2.24) is 10.5 Å². The summed E-state index contributed by atoms with van der Waals surface area (Å²) in [5.41, 5.74) is -0.0897. The Kier molecular flexibility index (Phi) is 6.23. The van der Waals surface area contributed by atoms with Gasteiger partial charge in [0, 0.05) is 12.7 Å². The summed E-state index contributed by atoms with van der Waals surface area (Å²) in [4.78, 5) is 10.5. The van der Waals surface area contributed by atoms with E-state index in [2.05, 4.69) is 10.5 Å². The number of hydrogen-bond acceptors (Lipinski definition) is 6. The summed E-state index contributed by atoms with van der Waals surface area (Å²) in [6.45, 7) is 2.10. The summed E-state index contributed by atoms with van der Waals surface area (Å²) in [6, 6.07) is 1.39. The van der Waals surface area contributed by atoms with Crippen LogP contribution in [0.2, 0.25) is 0 Å². The maximum atomic E-state index is 10.5. The Balaban J connectivity index is 2.07. The van der Waals surface area contributed by atoms with Crippen molar-refractivity contribution in [3.63, 3.8) is 0 Å². The molecule has 96 valence electrons. The molecule has 0 spiro atoms. The van der Waals surface area contributed by atoms with Crippen molar-refractivity contribution >= 4 is 5.97 Å². The van der Waals surface area contributed by atoms with Crippen LogP contribution in [0.1, 0.15) is 22.7 Å². The summed E-state index contributed by atoms with van der Waals surface area (Å²) in [5.74, 6) is -0.615. The maximum absolute atomic E-state index is 10.5. The Labute approximate surface area is 98.4 Å². The van der Waals surface area contributed by atoms with E-state index in [0.717, 1.165) is 6.42 Å². The highest BCUT2D eigenvalue weighted by atomic mass is 16.5. The van der Waals surface area contributed by atoms with Gasteiger partial charge in [0.05, 0.1) is 19.8 Å². The molecule has 0 aromatic carbocycles. The predicted octanol–water partition coefficient (Wildman–Crippen LogP) is -0.139. The molecule has 3 N–H and O–H groups in total. The fourth-order valence-electron chi connectivity index (χ4n) is 1.17. The Morgan fingerprint density at radius 1 is 1.53 bits per heavy atom. The van der Waals surface area contributed by atoms with Gasteiger partial charge in [0.1, 0.15) is 0 Å². The van der Waals surface area contributed by atoms with Crippen molar-refractivity contribution in [3.05, 3.63) is 17.5 Å². The molecule has 17 heavy (non-hydrogen) atoms. The van der Waals surface area contributed by atoms with Crippen LogP contribution in [0.5, 0.6) is 0 Å². The first kappa shape index (κ1) is 13.6. The van der Waals surface area contributed by atoms with Gasteiger partial charge in [-0.1, -0.05) is 5.16 Å². The zero-order valence-electron chi connectivity index (χ0n) is 9.39. The molecule has 0 aliphatic heterocycles. The molecule has 1 heterocycles. The van der Waals surface area contributed by atoms with Crippen LogP contribution in [-0.2, 0) is 11.3 Å². The van der Waals surface area contributed by atoms with Crippen molar-refractivity contribution in [2.24, 2.45) is 0 Å². The van der Waals surface area contributed by atoms with Crippen LogP contribution in [0.4, 0.5) is 0 Å². The average Bonchev–Trinajstić information content (AvgIpc) is 2.77. The second-order valence-electron chi connectivity index (χ2n) is 3.35. The number of carboxylic acid groups (broad SMARTS) is 1. The molecule has 0 atom stereocenters. The zero-order valence-corrected chi connectivity index (χ0v) is 9.39. The van der Waals surface area contributed by atoms with Gasteiger partial charge in [-0.3, -0.25) is 0 Å². The molecule has 0 saturated heterocycles. The van der Waals surface area contributed by atoms with E-state index in [-0.39, 0.29) is 12.3 Å². The van der Waals surface area contributed by atoms with Gasteiger partial charge in [-0.25, -0.2) is 4.79 Å². The van der Waals surface area contributed by atoms with Gasteiger partial charge >= 0.3 is 5.97 Å². The zero-order chi connectivity index (χ0) is 12.5. The first-order valence-electron chi connectivity index (χ1n) is 5.32. The Morgan fingerprint density at radius 3 is 3.00 bits per heavy atom. The number of carboxylic acids is 1. The third-order valence-corrected chi connectivity index (χ3v) is 1.96. The van der Waals surface area contributed by atoms with Gasteiger partial charge in [-0.2, -0.15) is 0 Å². The highest BCUT2D eigenvalue weighted by Gasteiger charge is 2.09. The largest absolute Gasteiger partial charge is 0.476 e. The summed E-state index contributed by atoms with van der Waals surface area (Å²) < 4.78 is 9.88. The molecule has 0 fully saturated rings. The van der Waals surface area contributed by atoms with Crippen molar-refractivity contribution < 1.29 is 24.3 Å². The monoisotopic (exact) mass is 244 g/mol. The third kappa shape index (κ3) is 5.43. The Morgan fingerprint density at radius 2 is 2.35 bits per heavy atom. The Bertz CT molecular complexity index is 339. The molecule has 7 nitrogen and oxygen atoms in total. The van der Waals surface area contributed by atoms with Gasteiger partial charge in [-0.05, 0) is 13.0 Å². The van der Waals surface area contributed by atoms with Gasteiger partial charge in [0.15, 0.2) is 11.5 Å². The number of aliphatic hydroxyl groups excluding tert-OH is 1. The molecule has 1 rings (SSSR count). The molecule has 1 aromatic heterocycles. The number of aromatic nitrogens is 1. The number of aromatic carboxylic acids is 1. The van der Waals surface area contributed by atoms with E-state index < -0.39 is 5.97 Å². The molecular weight excluding hydrogens is 228 g/mol. The second kappa shape index (κ2) is 7.77. The highest BCUT2D eigenvalue weighted by molar-refractivity contribution is 5.85. The lowest BCUT2D eigenvalue weighted by Gasteiger charge is -2.02. The molecule has 0 saturated carbocycles. The molecule has 0 unspecified atom stereocenters. The SMILES string of the molecule is O=C(O)c1cc(CNCCCOCCO)on1. The van der Waals surface area contributed by atoms with Gasteiger partial charge < -0.3 is 24.8 Å². The first-order valence-corrected chi connectivity index (χ1v) is 5.32. The summed E-state index contributed by atoms with van der Waals surface area (Å²) in [7, 11) is 0. The molecule has 0 bridgehead atoms. The highest BCUT2D eigenvalue weighted by Crippen LogP contribution is 2.02. The van der Waals surface area contributed by atoms with Crippen LogP contribution in [0, 0.1) is 0 Å². The van der Waals surface area contributed by atoms with Crippen LogP contribution in [0.25, 0.3) is 0 Å². The van der Waals surface area contributed by atoms with E-state index in [0.29, 0.717) is 32.1 Å². The van der Waals surface area contributed by atoms with E-state index in [1.165, 1.54) is 6.07 Å². The fraction of sp³-hybridized carbons (Fsp3) is 0.600. The first-order chi connectivity index (χ1) is 8.24. The lowest BCUT2D eigenvalue weighted by Crippen LogP contribution is -2.16. The minimum absolute atomic E-state index is 0.0312. The number of carbonyl (C=O) groups is 1. The maximum Gasteiger partial charge on any atom is 0.358 e. The predicted molar refractivity (Wildman–Crippen MR) is 57.7 cm³/mol.